The number of carbonyl (C=O) groups excluding carboxylic acids is 1. The van der Waals surface area contributed by atoms with E-state index in [0.29, 0.717) is 30.0 Å². The third-order valence-electron chi connectivity index (χ3n) is 9.84. The van der Waals surface area contributed by atoms with Crippen molar-refractivity contribution in [3.05, 3.63) is 52.6 Å². The predicted octanol–water partition coefficient (Wildman–Crippen LogP) is 5.35. The summed E-state index contributed by atoms with van der Waals surface area (Å²) < 4.78 is 2.44. The van der Waals surface area contributed by atoms with Crippen LogP contribution in [0.25, 0.3) is 0 Å². The summed E-state index contributed by atoms with van der Waals surface area (Å²) in [7, 11) is 0. The molecule has 5 atom stereocenters. The lowest BCUT2D eigenvalue weighted by atomic mass is 9.53. The largest absolute Gasteiger partial charge is 0.393 e. The molecule has 3 fully saturated rings. The number of hydrogen-bond acceptors (Lipinski definition) is 5. The lowest BCUT2D eigenvalue weighted by Crippen LogP contribution is -2.45. The lowest BCUT2D eigenvalue weighted by Gasteiger charge is -2.52. The van der Waals surface area contributed by atoms with Gasteiger partial charge in [0.05, 0.1) is 6.10 Å². The monoisotopic (exact) mass is 478 g/mol. The Balaban J connectivity index is 1.36. The molecule has 5 aliphatic rings. The van der Waals surface area contributed by atoms with Crippen LogP contribution in [0, 0.1) is 17.3 Å². The molecule has 5 heteroatoms. The molecule has 4 aliphatic carbocycles. The SMILES string of the molecule is CSN1CCN(c2ccc(C3CC4(C)C(O)CCC4C4CCC5=CC(=O)CCC5=C34)cc2)CC1. The molecule has 1 aromatic rings. The number of aliphatic hydroxyl groups is 1. The van der Waals surface area contributed by atoms with E-state index in [9.17, 15) is 9.90 Å². The van der Waals surface area contributed by atoms with E-state index in [0.717, 1.165) is 64.7 Å². The topological polar surface area (TPSA) is 43.8 Å². The van der Waals surface area contributed by atoms with Gasteiger partial charge in [-0.3, -0.25) is 4.79 Å². The van der Waals surface area contributed by atoms with Crippen LogP contribution in [0.5, 0.6) is 0 Å². The van der Waals surface area contributed by atoms with E-state index < -0.39 is 0 Å². The highest BCUT2D eigenvalue weighted by Crippen LogP contribution is 2.63. The standard InChI is InChI=1S/C29H38N2O2S/c1-29-18-25(19-3-6-21(7-4-19)30-13-15-31(34-2)16-14-30)28-23-10-8-22(32)17-20(23)5-9-24(28)26(29)11-12-27(29)33/h3-4,6-7,17,24-27,33H,5,8-16,18H2,1-2H3. The maximum Gasteiger partial charge on any atom is 0.156 e. The van der Waals surface area contributed by atoms with Crippen molar-refractivity contribution in [2.45, 2.75) is 63.9 Å². The average molecular weight is 479 g/mol. The Kier molecular flexibility index (Phi) is 5.94. The first-order valence-corrected chi connectivity index (χ1v) is 14.4. The van der Waals surface area contributed by atoms with E-state index in [1.54, 1.807) is 5.57 Å². The predicted molar refractivity (Wildman–Crippen MR) is 140 cm³/mol. The number of piperazine rings is 1. The van der Waals surface area contributed by atoms with Crippen LogP contribution in [0.15, 0.2) is 47.1 Å². The number of anilines is 1. The van der Waals surface area contributed by atoms with Gasteiger partial charge in [-0.2, -0.15) is 0 Å². The van der Waals surface area contributed by atoms with Crippen LogP contribution in [-0.2, 0) is 4.79 Å². The summed E-state index contributed by atoms with van der Waals surface area (Å²) in [4.78, 5) is 14.7. The van der Waals surface area contributed by atoms with Crippen LogP contribution in [0.4, 0.5) is 5.69 Å². The van der Waals surface area contributed by atoms with Gasteiger partial charge in [-0.1, -0.05) is 36.6 Å². The first kappa shape index (κ1) is 22.9. The van der Waals surface area contributed by atoms with Gasteiger partial charge in [0, 0.05) is 44.2 Å². The molecule has 34 heavy (non-hydrogen) atoms. The normalized spacial score (nSPS) is 36.1. The summed E-state index contributed by atoms with van der Waals surface area (Å²) in [6.07, 6.45) is 10.8. The molecular formula is C29H38N2O2S. The minimum atomic E-state index is -0.191. The molecule has 6 rings (SSSR count). The second-order valence-electron chi connectivity index (χ2n) is 11.4. The highest BCUT2D eigenvalue weighted by Gasteiger charge is 2.56. The zero-order valence-corrected chi connectivity index (χ0v) is 21.4. The van der Waals surface area contributed by atoms with Gasteiger partial charge in [-0.15, -0.1) is 0 Å². The summed E-state index contributed by atoms with van der Waals surface area (Å²) in [6.45, 7) is 6.73. The van der Waals surface area contributed by atoms with Gasteiger partial charge >= 0.3 is 0 Å². The number of benzene rings is 1. The first-order chi connectivity index (χ1) is 16.5. The number of allylic oxidation sites excluding steroid dienone is 4. The van der Waals surface area contributed by atoms with Crippen LogP contribution in [-0.4, -0.2) is 53.7 Å². The molecule has 0 amide bonds. The number of fused-ring (bicyclic) bond motifs is 4. The molecule has 0 bridgehead atoms. The third kappa shape index (κ3) is 3.70. The third-order valence-corrected chi connectivity index (χ3v) is 10.7. The highest BCUT2D eigenvalue weighted by molar-refractivity contribution is 7.96. The first-order valence-electron chi connectivity index (χ1n) is 13.3. The van der Waals surface area contributed by atoms with Gasteiger partial charge in [-0.05, 0) is 96.9 Å². The van der Waals surface area contributed by atoms with E-state index >= 15 is 0 Å². The van der Waals surface area contributed by atoms with E-state index in [-0.39, 0.29) is 11.5 Å². The Morgan fingerprint density at radius 1 is 1.00 bits per heavy atom. The molecule has 1 heterocycles. The molecule has 0 spiro atoms. The lowest BCUT2D eigenvalue weighted by molar-refractivity contribution is -0.114. The van der Waals surface area contributed by atoms with Gasteiger partial charge in [-0.25, -0.2) is 4.31 Å². The summed E-state index contributed by atoms with van der Waals surface area (Å²) in [5, 5.41) is 11.1. The van der Waals surface area contributed by atoms with Crippen LogP contribution >= 0.6 is 11.9 Å². The van der Waals surface area contributed by atoms with Crippen molar-refractivity contribution in [3.63, 3.8) is 0 Å². The Morgan fingerprint density at radius 3 is 2.50 bits per heavy atom. The van der Waals surface area contributed by atoms with Gasteiger partial charge in [0.1, 0.15) is 0 Å². The Bertz CT molecular complexity index is 1020. The molecule has 0 aromatic heterocycles. The Labute approximate surface area is 208 Å². The second kappa shape index (κ2) is 8.83. The number of hydrogen-bond donors (Lipinski definition) is 1. The maximum atomic E-state index is 12.2. The fourth-order valence-electron chi connectivity index (χ4n) is 7.98. The van der Waals surface area contributed by atoms with Crippen molar-refractivity contribution in [2.24, 2.45) is 17.3 Å². The minimum absolute atomic E-state index is 0.00207. The minimum Gasteiger partial charge on any atom is -0.393 e. The number of carbonyl (C=O) groups is 1. The van der Waals surface area contributed by atoms with Crippen molar-refractivity contribution in [1.82, 2.24) is 4.31 Å². The molecular weight excluding hydrogens is 440 g/mol. The van der Waals surface area contributed by atoms with E-state index in [1.165, 1.54) is 22.4 Å². The number of ketones is 1. The van der Waals surface area contributed by atoms with Gasteiger partial charge in [0.15, 0.2) is 5.78 Å². The quantitative estimate of drug-likeness (QED) is 0.594. The van der Waals surface area contributed by atoms with Crippen LogP contribution in [0.2, 0.25) is 0 Å². The van der Waals surface area contributed by atoms with Crippen molar-refractivity contribution in [1.29, 1.82) is 0 Å². The van der Waals surface area contributed by atoms with Gasteiger partial charge < -0.3 is 10.0 Å². The highest BCUT2D eigenvalue weighted by atomic mass is 32.2. The zero-order chi connectivity index (χ0) is 23.4. The number of aliphatic hydroxyl groups excluding tert-OH is 1. The van der Waals surface area contributed by atoms with Crippen molar-refractivity contribution < 1.29 is 9.90 Å². The summed E-state index contributed by atoms with van der Waals surface area (Å²) in [6, 6.07) is 9.38. The fraction of sp³-hybridized carbons (Fsp3) is 0.621. The summed E-state index contributed by atoms with van der Waals surface area (Å²) in [5.41, 5.74) is 7.17. The van der Waals surface area contributed by atoms with E-state index in [1.807, 2.05) is 18.0 Å². The molecule has 1 aliphatic heterocycles. The van der Waals surface area contributed by atoms with Gasteiger partial charge in [0.25, 0.3) is 0 Å². The van der Waals surface area contributed by atoms with Crippen molar-refractivity contribution >= 4 is 23.4 Å². The summed E-state index contributed by atoms with van der Waals surface area (Å²) in [5.74, 6) is 1.79. The molecule has 0 radical (unpaired) electrons. The Morgan fingerprint density at radius 2 is 1.76 bits per heavy atom. The number of rotatable bonds is 3. The molecule has 1 N–H and O–H groups in total. The molecule has 2 saturated carbocycles. The molecule has 4 nitrogen and oxygen atoms in total. The van der Waals surface area contributed by atoms with Gasteiger partial charge in [0.2, 0.25) is 0 Å². The smallest absolute Gasteiger partial charge is 0.156 e. The van der Waals surface area contributed by atoms with Crippen LogP contribution in [0.1, 0.15) is 63.4 Å². The Hall–Kier alpha value is -1.56. The fourth-order valence-corrected chi connectivity index (χ4v) is 8.51. The van der Waals surface area contributed by atoms with Crippen molar-refractivity contribution in [3.8, 4) is 0 Å². The van der Waals surface area contributed by atoms with Crippen LogP contribution < -0.4 is 4.90 Å². The average Bonchev–Trinajstić information content (AvgIpc) is 3.17. The van der Waals surface area contributed by atoms with E-state index in [4.69, 9.17) is 0 Å². The van der Waals surface area contributed by atoms with Crippen LogP contribution in [0.3, 0.4) is 0 Å². The van der Waals surface area contributed by atoms with E-state index in [2.05, 4.69) is 46.7 Å². The molecule has 5 unspecified atom stereocenters. The van der Waals surface area contributed by atoms with Crippen molar-refractivity contribution in [2.75, 3.05) is 37.3 Å². The number of nitrogens with zero attached hydrogens (tertiary/aromatic N) is 2. The summed E-state index contributed by atoms with van der Waals surface area (Å²) >= 11 is 1.85. The molecule has 182 valence electrons. The maximum absolute atomic E-state index is 12.2. The molecule has 1 aromatic carbocycles. The zero-order valence-electron chi connectivity index (χ0n) is 20.6. The second-order valence-corrected chi connectivity index (χ2v) is 12.2. The molecule has 1 saturated heterocycles.